The van der Waals surface area contributed by atoms with E-state index in [9.17, 15) is 9.59 Å². The molecule has 4 aromatic rings. The number of halogens is 1. The number of carbonyl (C=O) groups is 1. The van der Waals surface area contributed by atoms with Crippen molar-refractivity contribution in [2.75, 3.05) is 19.8 Å². The molecule has 1 atom stereocenters. The molecule has 210 valence electrons. The van der Waals surface area contributed by atoms with Gasteiger partial charge in [-0.2, -0.15) is 0 Å². The fourth-order valence-electron chi connectivity index (χ4n) is 4.71. The average Bonchev–Trinajstić information content (AvgIpc) is 3.29. The van der Waals surface area contributed by atoms with Crippen LogP contribution in [0.4, 0.5) is 0 Å². The largest absolute Gasteiger partial charge is 0.490 e. The third-order valence-corrected chi connectivity index (χ3v) is 7.66. The zero-order valence-electron chi connectivity index (χ0n) is 22.9. The van der Waals surface area contributed by atoms with Gasteiger partial charge in [-0.1, -0.05) is 71.5 Å². The van der Waals surface area contributed by atoms with Gasteiger partial charge in [0.1, 0.15) is 0 Å². The van der Waals surface area contributed by atoms with E-state index in [1.54, 1.807) is 29.7 Å². The molecule has 2 heterocycles. The van der Waals surface area contributed by atoms with E-state index in [0.29, 0.717) is 55.9 Å². The predicted octanol–water partition coefficient (Wildman–Crippen LogP) is 5.39. The number of hydrogen-bond acceptors (Lipinski definition) is 7. The second-order valence-electron chi connectivity index (χ2n) is 9.06. The van der Waals surface area contributed by atoms with Crippen LogP contribution in [0.25, 0.3) is 11.8 Å². The van der Waals surface area contributed by atoms with E-state index in [4.69, 9.17) is 30.8 Å². The molecule has 0 unspecified atom stereocenters. The van der Waals surface area contributed by atoms with Gasteiger partial charge in [-0.3, -0.25) is 9.36 Å². The first-order valence-corrected chi connectivity index (χ1v) is 14.6. The average molecular weight is 589 g/mol. The van der Waals surface area contributed by atoms with Crippen molar-refractivity contribution in [2.24, 2.45) is 4.99 Å². The van der Waals surface area contributed by atoms with E-state index >= 15 is 0 Å². The molecule has 0 aliphatic carbocycles. The maximum atomic E-state index is 14.0. The van der Waals surface area contributed by atoms with E-state index in [1.165, 1.54) is 11.3 Å². The van der Waals surface area contributed by atoms with E-state index in [1.807, 2.05) is 74.5 Å². The fourth-order valence-corrected chi connectivity index (χ4v) is 5.84. The number of carbonyl (C=O) groups excluding carboxylic acids is 1. The number of hydrogen-bond donors (Lipinski definition) is 0. The summed E-state index contributed by atoms with van der Waals surface area (Å²) in [6.07, 6.45) is 1.80. The Morgan fingerprint density at radius 3 is 2.34 bits per heavy atom. The number of nitrogens with zero attached hydrogens (tertiary/aromatic N) is 2. The lowest BCUT2D eigenvalue weighted by Gasteiger charge is -2.25. The Labute approximate surface area is 246 Å². The van der Waals surface area contributed by atoms with Crippen molar-refractivity contribution in [3.05, 3.63) is 120 Å². The Hall–Kier alpha value is -4.14. The Kier molecular flexibility index (Phi) is 8.71. The van der Waals surface area contributed by atoms with Gasteiger partial charge >= 0.3 is 5.97 Å². The summed E-state index contributed by atoms with van der Waals surface area (Å²) < 4.78 is 19.0. The molecule has 1 aromatic heterocycles. The minimum atomic E-state index is -0.765. The molecule has 9 heteroatoms. The third-order valence-electron chi connectivity index (χ3n) is 6.42. The highest BCUT2D eigenvalue weighted by Crippen LogP contribution is 2.35. The molecule has 0 saturated carbocycles. The van der Waals surface area contributed by atoms with E-state index in [2.05, 4.69) is 0 Å². The second-order valence-corrected chi connectivity index (χ2v) is 10.5. The van der Waals surface area contributed by atoms with Gasteiger partial charge in [-0.05, 0) is 62.2 Å². The first-order valence-electron chi connectivity index (χ1n) is 13.4. The minimum absolute atomic E-state index is 0.183. The molecule has 0 spiro atoms. The van der Waals surface area contributed by atoms with Gasteiger partial charge in [0.2, 0.25) is 0 Å². The SMILES string of the molecule is CCOC(=O)C1=C(c2ccccc2)N=c2s/c(=C\c3ccc(OCC)c(OCC)c3)c(=O)n2[C@@H]1c1ccc(Cl)cc1. The monoisotopic (exact) mass is 588 g/mol. The first kappa shape index (κ1) is 28.4. The van der Waals surface area contributed by atoms with Gasteiger partial charge in [-0.15, -0.1) is 0 Å². The number of fused-ring (bicyclic) bond motifs is 1. The molecule has 0 radical (unpaired) electrons. The van der Waals surface area contributed by atoms with E-state index in [0.717, 1.165) is 11.1 Å². The molecule has 0 amide bonds. The number of benzene rings is 3. The lowest BCUT2D eigenvalue weighted by Crippen LogP contribution is -2.40. The van der Waals surface area contributed by atoms with Crippen LogP contribution in [0.1, 0.15) is 43.5 Å². The quantitative estimate of drug-likeness (QED) is 0.245. The molecule has 1 aliphatic rings. The summed E-state index contributed by atoms with van der Waals surface area (Å²) in [6.45, 7) is 6.74. The van der Waals surface area contributed by atoms with Crippen LogP contribution in [0.15, 0.2) is 88.2 Å². The molecule has 0 saturated heterocycles. The molecule has 0 N–H and O–H groups in total. The highest BCUT2D eigenvalue weighted by atomic mass is 35.5. The summed E-state index contributed by atoms with van der Waals surface area (Å²) >= 11 is 7.46. The number of aromatic nitrogens is 1. The number of esters is 1. The zero-order valence-corrected chi connectivity index (χ0v) is 24.5. The number of rotatable bonds is 9. The standard InChI is InChI=1S/C32H29ClN2O5S/c1-4-38-24-17-12-20(18-25(24)39-5-2)19-26-30(36)35-29(22-13-15-23(33)16-14-22)27(31(37)40-6-3)28(34-32(35)41-26)21-10-8-7-9-11-21/h7-19,29H,4-6H2,1-3H3/b26-19-/t29-/m1/s1. The number of thiazole rings is 1. The highest BCUT2D eigenvalue weighted by Gasteiger charge is 2.35. The maximum Gasteiger partial charge on any atom is 0.338 e. The van der Waals surface area contributed by atoms with Crippen molar-refractivity contribution in [1.82, 2.24) is 4.57 Å². The van der Waals surface area contributed by atoms with Crippen LogP contribution in [-0.4, -0.2) is 30.4 Å². The Morgan fingerprint density at radius 2 is 1.66 bits per heavy atom. The lowest BCUT2D eigenvalue weighted by molar-refractivity contribution is -0.138. The van der Waals surface area contributed by atoms with Gasteiger partial charge in [-0.25, -0.2) is 9.79 Å². The van der Waals surface area contributed by atoms with Gasteiger partial charge in [0, 0.05) is 10.6 Å². The van der Waals surface area contributed by atoms with Crippen LogP contribution in [-0.2, 0) is 9.53 Å². The Balaban J connectivity index is 1.76. The topological polar surface area (TPSA) is 79.1 Å². The summed E-state index contributed by atoms with van der Waals surface area (Å²) in [5.74, 6) is 0.713. The van der Waals surface area contributed by atoms with Crippen LogP contribution in [0, 0.1) is 0 Å². The normalized spacial score (nSPS) is 14.8. The summed E-state index contributed by atoms with van der Waals surface area (Å²) in [7, 11) is 0. The van der Waals surface area contributed by atoms with Gasteiger partial charge < -0.3 is 14.2 Å². The third kappa shape index (κ3) is 5.85. The Bertz CT molecular complexity index is 1780. The molecule has 41 heavy (non-hydrogen) atoms. The lowest BCUT2D eigenvalue weighted by atomic mass is 9.93. The van der Waals surface area contributed by atoms with Crippen molar-refractivity contribution in [3.8, 4) is 11.5 Å². The summed E-state index contributed by atoms with van der Waals surface area (Å²) in [5.41, 5.74) is 2.73. The van der Waals surface area contributed by atoms with Crippen LogP contribution in [0.5, 0.6) is 11.5 Å². The summed E-state index contributed by atoms with van der Waals surface area (Å²) in [4.78, 5) is 32.9. The van der Waals surface area contributed by atoms with Gasteiger partial charge in [0.05, 0.1) is 41.7 Å². The van der Waals surface area contributed by atoms with Crippen molar-refractivity contribution in [2.45, 2.75) is 26.8 Å². The Morgan fingerprint density at radius 1 is 0.951 bits per heavy atom. The number of ether oxygens (including phenoxy) is 3. The van der Waals surface area contributed by atoms with Crippen molar-refractivity contribution < 1.29 is 19.0 Å². The smallest absolute Gasteiger partial charge is 0.338 e. The fraction of sp³-hybridized carbons (Fsp3) is 0.219. The maximum absolute atomic E-state index is 14.0. The highest BCUT2D eigenvalue weighted by molar-refractivity contribution is 7.07. The zero-order chi connectivity index (χ0) is 28.9. The predicted molar refractivity (Wildman–Crippen MR) is 161 cm³/mol. The minimum Gasteiger partial charge on any atom is -0.490 e. The second kappa shape index (κ2) is 12.6. The molecule has 0 bridgehead atoms. The van der Waals surface area contributed by atoms with Crippen LogP contribution in [0.2, 0.25) is 5.02 Å². The van der Waals surface area contributed by atoms with Gasteiger partial charge in [0.25, 0.3) is 5.56 Å². The summed E-state index contributed by atoms with van der Waals surface area (Å²) in [6, 6.07) is 21.4. The molecular formula is C32H29ClN2O5S. The van der Waals surface area contributed by atoms with E-state index in [-0.39, 0.29) is 12.2 Å². The summed E-state index contributed by atoms with van der Waals surface area (Å²) in [5, 5.41) is 0.548. The molecule has 1 aliphatic heterocycles. The molecule has 7 nitrogen and oxygen atoms in total. The molecule has 5 rings (SSSR count). The van der Waals surface area contributed by atoms with Crippen molar-refractivity contribution in [3.63, 3.8) is 0 Å². The van der Waals surface area contributed by atoms with Gasteiger partial charge in [0.15, 0.2) is 16.3 Å². The van der Waals surface area contributed by atoms with Crippen molar-refractivity contribution >= 4 is 40.7 Å². The van der Waals surface area contributed by atoms with Crippen LogP contribution in [0.3, 0.4) is 0 Å². The van der Waals surface area contributed by atoms with E-state index < -0.39 is 12.0 Å². The van der Waals surface area contributed by atoms with Crippen LogP contribution < -0.4 is 24.4 Å². The first-order chi connectivity index (χ1) is 19.9. The molecule has 0 fully saturated rings. The molecule has 3 aromatic carbocycles. The van der Waals surface area contributed by atoms with Crippen LogP contribution >= 0.6 is 22.9 Å². The van der Waals surface area contributed by atoms with Crippen molar-refractivity contribution in [1.29, 1.82) is 0 Å². The molecular weight excluding hydrogens is 560 g/mol.